The van der Waals surface area contributed by atoms with E-state index in [-0.39, 0.29) is 30.3 Å². The van der Waals surface area contributed by atoms with Crippen LogP contribution in [-0.2, 0) is 16.4 Å². The fourth-order valence-electron chi connectivity index (χ4n) is 4.79. The largest absolute Gasteiger partial charge is 0.296 e. The van der Waals surface area contributed by atoms with Crippen LogP contribution < -0.4 is 0 Å². The number of rotatable bonds is 1. The summed E-state index contributed by atoms with van der Waals surface area (Å²) in [6.45, 7) is 2.55. The first-order chi connectivity index (χ1) is 10.9. The molecule has 0 bridgehead atoms. The number of piperidine rings is 2. The van der Waals surface area contributed by atoms with Gasteiger partial charge in [0.2, 0.25) is 10.0 Å². The van der Waals surface area contributed by atoms with Gasteiger partial charge < -0.3 is 0 Å². The van der Waals surface area contributed by atoms with Gasteiger partial charge in [-0.1, -0.05) is 6.07 Å². The first-order valence-corrected chi connectivity index (χ1v) is 10.3. The smallest absolute Gasteiger partial charge is 0.211 e. The van der Waals surface area contributed by atoms with Gasteiger partial charge in [-0.15, -0.1) is 12.4 Å². The Kier molecular flexibility index (Phi) is 4.95. The van der Waals surface area contributed by atoms with Crippen LogP contribution in [0.4, 0.5) is 4.39 Å². The third-order valence-electron chi connectivity index (χ3n) is 5.80. The van der Waals surface area contributed by atoms with Crippen molar-refractivity contribution in [3.63, 3.8) is 0 Å². The minimum atomic E-state index is -3.16. The third kappa shape index (κ3) is 3.09. The molecule has 4 rings (SSSR count). The van der Waals surface area contributed by atoms with Gasteiger partial charge in [-0.05, 0) is 54.9 Å². The molecule has 0 saturated carbocycles. The molecule has 3 heterocycles. The van der Waals surface area contributed by atoms with Gasteiger partial charge in [-0.3, -0.25) is 4.90 Å². The van der Waals surface area contributed by atoms with E-state index in [9.17, 15) is 12.8 Å². The van der Waals surface area contributed by atoms with E-state index in [1.165, 1.54) is 17.9 Å². The number of nitrogens with zero attached hydrogens (tertiary/aromatic N) is 2. The topological polar surface area (TPSA) is 40.6 Å². The molecule has 3 aliphatic heterocycles. The van der Waals surface area contributed by atoms with E-state index in [2.05, 4.69) is 4.90 Å². The van der Waals surface area contributed by atoms with Crippen LogP contribution >= 0.6 is 12.4 Å². The SMILES string of the molecule is CS(=O)(=O)N1CCC[C@@H]2CN3CCc4cc(F)ccc4[C@@H]3C[C@@H]21.Cl. The van der Waals surface area contributed by atoms with E-state index in [0.29, 0.717) is 12.5 Å². The normalized spacial score (nSPS) is 30.7. The van der Waals surface area contributed by atoms with Crippen molar-refractivity contribution in [1.82, 2.24) is 9.21 Å². The number of halogens is 2. The van der Waals surface area contributed by atoms with Gasteiger partial charge in [0, 0.05) is 31.7 Å². The number of hydrogen-bond acceptors (Lipinski definition) is 3. The van der Waals surface area contributed by atoms with Crippen molar-refractivity contribution in [2.45, 2.75) is 37.8 Å². The maximum Gasteiger partial charge on any atom is 0.211 e. The van der Waals surface area contributed by atoms with Crippen LogP contribution in [0.25, 0.3) is 0 Å². The van der Waals surface area contributed by atoms with Crippen LogP contribution in [0.5, 0.6) is 0 Å². The highest BCUT2D eigenvalue weighted by molar-refractivity contribution is 7.88. The molecule has 1 aromatic carbocycles. The first kappa shape index (κ1) is 18.1. The molecule has 2 fully saturated rings. The van der Waals surface area contributed by atoms with Crippen molar-refractivity contribution in [1.29, 1.82) is 0 Å². The quantitative estimate of drug-likeness (QED) is 0.758. The lowest BCUT2D eigenvalue weighted by Crippen LogP contribution is -2.57. The van der Waals surface area contributed by atoms with Crippen LogP contribution in [0.3, 0.4) is 0 Å². The fourth-order valence-corrected chi connectivity index (χ4v) is 6.01. The number of fused-ring (bicyclic) bond motifs is 4. The minimum Gasteiger partial charge on any atom is -0.296 e. The van der Waals surface area contributed by atoms with Crippen molar-refractivity contribution < 1.29 is 12.8 Å². The zero-order valence-electron chi connectivity index (χ0n) is 13.8. The molecule has 1 aromatic rings. The van der Waals surface area contributed by atoms with Crippen molar-refractivity contribution in [2.24, 2.45) is 5.92 Å². The van der Waals surface area contributed by atoms with Crippen LogP contribution in [0.15, 0.2) is 18.2 Å². The Balaban J connectivity index is 0.00000169. The molecule has 0 aromatic heterocycles. The Morgan fingerprint density at radius 1 is 1.25 bits per heavy atom. The van der Waals surface area contributed by atoms with Gasteiger partial charge in [-0.25, -0.2) is 12.8 Å². The highest BCUT2D eigenvalue weighted by atomic mass is 35.5. The average molecular weight is 375 g/mol. The molecule has 3 aliphatic rings. The van der Waals surface area contributed by atoms with E-state index in [4.69, 9.17) is 0 Å². The van der Waals surface area contributed by atoms with E-state index in [0.717, 1.165) is 44.3 Å². The Morgan fingerprint density at radius 3 is 2.79 bits per heavy atom. The lowest BCUT2D eigenvalue weighted by Gasteiger charge is -2.51. The highest BCUT2D eigenvalue weighted by Gasteiger charge is 2.44. The predicted octanol–water partition coefficient (Wildman–Crippen LogP) is 2.59. The van der Waals surface area contributed by atoms with Gasteiger partial charge in [0.1, 0.15) is 5.82 Å². The van der Waals surface area contributed by atoms with Crippen LogP contribution in [-0.4, -0.2) is 49.6 Å². The van der Waals surface area contributed by atoms with Gasteiger partial charge >= 0.3 is 0 Å². The molecule has 7 heteroatoms. The summed E-state index contributed by atoms with van der Waals surface area (Å²) in [7, 11) is -3.16. The first-order valence-electron chi connectivity index (χ1n) is 8.42. The van der Waals surface area contributed by atoms with Gasteiger partial charge in [0.15, 0.2) is 0 Å². The third-order valence-corrected chi connectivity index (χ3v) is 7.11. The standard InChI is InChI=1S/C17H23FN2O2S.ClH/c1-23(21,22)20-7-2-3-13-11-19-8-6-12-9-14(18)4-5-15(12)17(19)10-16(13)20;/h4-5,9,13,16-17H,2-3,6-8,10-11H2,1H3;1H/t13-,16+,17+;/m1./s1. The zero-order valence-corrected chi connectivity index (χ0v) is 15.5. The summed E-state index contributed by atoms with van der Waals surface area (Å²) in [5, 5.41) is 0. The molecule has 3 atom stereocenters. The molecule has 0 aliphatic carbocycles. The summed E-state index contributed by atoms with van der Waals surface area (Å²) < 4.78 is 39.5. The van der Waals surface area contributed by atoms with E-state index in [1.54, 1.807) is 10.4 Å². The summed E-state index contributed by atoms with van der Waals surface area (Å²) in [4.78, 5) is 2.48. The number of sulfonamides is 1. The molecule has 134 valence electrons. The molecule has 2 saturated heterocycles. The van der Waals surface area contributed by atoms with Crippen molar-refractivity contribution >= 4 is 22.4 Å². The summed E-state index contributed by atoms with van der Waals surface area (Å²) in [6, 6.07) is 5.39. The van der Waals surface area contributed by atoms with Crippen LogP contribution in [0.2, 0.25) is 0 Å². The summed E-state index contributed by atoms with van der Waals surface area (Å²) in [5.41, 5.74) is 2.28. The molecule has 0 N–H and O–H groups in total. The second-order valence-corrected chi connectivity index (χ2v) is 9.12. The lowest BCUT2D eigenvalue weighted by atomic mass is 9.77. The molecular weight excluding hydrogens is 351 g/mol. The van der Waals surface area contributed by atoms with Gasteiger partial charge in [0.25, 0.3) is 0 Å². The van der Waals surface area contributed by atoms with Gasteiger partial charge in [0.05, 0.1) is 6.26 Å². The second-order valence-electron chi connectivity index (χ2n) is 7.18. The Hall–Kier alpha value is -0.690. The van der Waals surface area contributed by atoms with E-state index >= 15 is 0 Å². The molecule has 0 amide bonds. The fraction of sp³-hybridized carbons (Fsp3) is 0.647. The maximum absolute atomic E-state index is 13.5. The molecular formula is C17H24ClFN2O2S. The molecule has 4 nitrogen and oxygen atoms in total. The van der Waals surface area contributed by atoms with Crippen molar-refractivity contribution in [3.05, 3.63) is 35.1 Å². The summed E-state index contributed by atoms with van der Waals surface area (Å²) in [6.07, 6.45) is 5.10. The molecule has 0 spiro atoms. The average Bonchev–Trinajstić information content (AvgIpc) is 2.51. The summed E-state index contributed by atoms with van der Waals surface area (Å²) in [5.74, 6) is 0.248. The lowest BCUT2D eigenvalue weighted by molar-refractivity contribution is 0.0222. The van der Waals surface area contributed by atoms with Crippen LogP contribution in [0, 0.1) is 11.7 Å². The molecule has 0 unspecified atom stereocenters. The Bertz CT molecular complexity index is 727. The van der Waals surface area contributed by atoms with Crippen molar-refractivity contribution in [2.75, 3.05) is 25.9 Å². The minimum absolute atomic E-state index is 0. The summed E-state index contributed by atoms with van der Waals surface area (Å²) >= 11 is 0. The number of hydrogen-bond donors (Lipinski definition) is 0. The Labute approximate surface area is 149 Å². The Morgan fingerprint density at radius 2 is 2.04 bits per heavy atom. The van der Waals surface area contributed by atoms with Crippen molar-refractivity contribution in [3.8, 4) is 0 Å². The molecule has 0 radical (unpaired) electrons. The number of benzene rings is 1. The predicted molar refractivity (Wildman–Crippen MR) is 94.3 cm³/mol. The highest BCUT2D eigenvalue weighted by Crippen LogP contribution is 2.43. The van der Waals surface area contributed by atoms with Gasteiger partial charge in [-0.2, -0.15) is 4.31 Å². The van der Waals surface area contributed by atoms with Crippen LogP contribution in [0.1, 0.15) is 36.4 Å². The second kappa shape index (κ2) is 6.56. The monoisotopic (exact) mass is 374 g/mol. The molecule has 24 heavy (non-hydrogen) atoms. The zero-order chi connectivity index (χ0) is 16.2. The van der Waals surface area contributed by atoms with E-state index < -0.39 is 10.0 Å². The maximum atomic E-state index is 13.5. The van der Waals surface area contributed by atoms with E-state index in [1.807, 2.05) is 6.07 Å².